The summed E-state index contributed by atoms with van der Waals surface area (Å²) >= 11 is 0. The Morgan fingerprint density at radius 3 is 2.77 bits per heavy atom. The van der Waals surface area contributed by atoms with Crippen molar-refractivity contribution < 1.29 is 4.79 Å². The number of nitrogens with zero attached hydrogens (tertiary/aromatic N) is 3. The van der Waals surface area contributed by atoms with Gasteiger partial charge in [0.2, 0.25) is 5.91 Å². The average Bonchev–Trinajstić information content (AvgIpc) is 3.09. The number of hydrogen-bond acceptors (Lipinski definition) is 4. The largest absolute Gasteiger partial charge is 0.379 e. The highest BCUT2D eigenvalue weighted by Gasteiger charge is 2.28. The summed E-state index contributed by atoms with van der Waals surface area (Å²) in [7, 11) is 1.94. The van der Waals surface area contributed by atoms with Crippen LogP contribution in [0.4, 0.5) is 22.7 Å². The molecule has 3 heterocycles. The molecule has 6 heteroatoms. The molecule has 154 valence electrons. The first kappa shape index (κ1) is 18.7. The molecule has 2 aliphatic rings. The third-order valence-corrected chi connectivity index (χ3v) is 6.16. The Balaban J connectivity index is 1.59. The molecule has 1 aromatic heterocycles. The Labute approximate surface area is 176 Å². The molecule has 0 bridgehead atoms. The van der Waals surface area contributed by atoms with Gasteiger partial charge in [0.05, 0.1) is 23.3 Å². The number of nitrogens with one attached hydrogen (secondary N) is 2. The predicted octanol–water partition coefficient (Wildman–Crippen LogP) is 4.88. The summed E-state index contributed by atoms with van der Waals surface area (Å²) in [5, 5.41) is 10.9. The van der Waals surface area contributed by atoms with Crippen LogP contribution in [-0.2, 0) is 11.8 Å². The van der Waals surface area contributed by atoms with Crippen LogP contribution in [0.25, 0.3) is 11.1 Å². The van der Waals surface area contributed by atoms with Crippen LogP contribution in [-0.4, -0.2) is 28.3 Å². The van der Waals surface area contributed by atoms with Crippen LogP contribution >= 0.6 is 0 Å². The van der Waals surface area contributed by atoms with Crippen LogP contribution in [0.1, 0.15) is 38.2 Å². The van der Waals surface area contributed by atoms with E-state index in [0.29, 0.717) is 12.3 Å². The molecule has 0 saturated carbocycles. The van der Waals surface area contributed by atoms with Gasteiger partial charge in [0.25, 0.3) is 0 Å². The summed E-state index contributed by atoms with van der Waals surface area (Å²) in [6.07, 6.45) is 5.52. The van der Waals surface area contributed by atoms with E-state index < -0.39 is 0 Å². The van der Waals surface area contributed by atoms with E-state index in [0.717, 1.165) is 35.6 Å². The van der Waals surface area contributed by atoms with Gasteiger partial charge in [-0.1, -0.05) is 19.1 Å². The van der Waals surface area contributed by atoms with Gasteiger partial charge in [-0.05, 0) is 54.7 Å². The summed E-state index contributed by atoms with van der Waals surface area (Å²) in [5.41, 5.74) is 7.90. The minimum atomic E-state index is 0.0553. The van der Waals surface area contributed by atoms with Crippen molar-refractivity contribution in [1.82, 2.24) is 9.78 Å². The molecule has 2 aliphatic heterocycles. The number of carbonyl (C=O) groups excluding carboxylic acids is 1. The molecule has 6 nitrogen and oxygen atoms in total. The fourth-order valence-corrected chi connectivity index (χ4v) is 4.59. The van der Waals surface area contributed by atoms with E-state index in [1.165, 1.54) is 16.8 Å². The number of hydrogen-bond donors (Lipinski definition) is 2. The smallest absolute Gasteiger partial charge is 0.226 e. The van der Waals surface area contributed by atoms with Crippen molar-refractivity contribution in [1.29, 1.82) is 0 Å². The minimum absolute atomic E-state index is 0.0553. The summed E-state index contributed by atoms with van der Waals surface area (Å²) in [6.45, 7) is 5.30. The number of carbonyl (C=O) groups is 1. The van der Waals surface area contributed by atoms with Crippen molar-refractivity contribution in [3.8, 4) is 11.1 Å². The zero-order chi connectivity index (χ0) is 20.8. The van der Waals surface area contributed by atoms with E-state index in [2.05, 4.69) is 64.9 Å². The molecule has 0 saturated heterocycles. The second kappa shape index (κ2) is 7.20. The second-order valence-electron chi connectivity index (χ2n) is 8.52. The minimum Gasteiger partial charge on any atom is -0.379 e. The second-order valence-corrected chi connectivity index (χ2v) is 8.52. The first-order chi connectivity index (χ1) is 14.5. The Hall–Kier alpha value is -3.28. The van der Waals surface area contributed by atoms with Gasteiger partial charge in [-0.25, -0.2) is 0 Å². The third kappa shape index (κ3) is 3.22. The maximum atomic E-state index is 12.2. The van der Waals surface area contributed by atoms with Crippen molar-refractivity contribution in [2.75, 3.05) is 22.1 Å². The maximum Gasteiger partial charge on any atom is 0.226 e. The van der Waals surface area contributed by atoms with E-state index >= 15 is 0 Å². The fourth-order valence-electron chi connectivity index (χ4n) is 4.59. The molecule has 2 atom stereocenters. The van der Waals surface area contributed by atoms with Gasteiger partial charge in [0.1, 0.15) is 0 Å². The number of para-hydroxylation sites is 1. The zero-order valence-electron chi connectivity index (χ0n) is 17.6. The fraction of sp³-hybridized carbons (Fsp3) is 0.333. The van der Waals surface area contributed by atoms with Crippen LogP contribution in [0.2, 0.25) is 0 Å². The average molecular weight is 402 g/mol. The Morgan fingerprint density at radius 1 is 1.10 bits per heavy atom. The van der Waals surface area contributed by atoms with Crippen LogP contribution in [0.15, 0.2) is 48.8 Å². The lowest BCUT2D eigenvalue weighted by atomic mass is 9.89. The number of amides is 1. The number of fused-ring (bicyclic) bond motifs is 2. The molecule has 30 heavy (non-hydrogen) atoms. The van der Waals surface area contributed by atoms with Gasteiger partial charge in [0.15, 0.2) is 0 Å². The van der Waals surface area contributed by atoms with E-state index in [4.69, 9.17) is 0 Å². The molecular weight excluding hydrogens is 374 g/mol. The van der Waals surface area contributed by atoms with Gasteiger partial charge in [-0.3, -0.25) is 9.48 Å². The summed E-state index contributed by atoms with van der Waals surface area (Å²) in [5.74, 6) is 0.543. The third-order valence-electron chi connectivity index (χ3n) is 6.16. The molecule has 3 aromatic rings. The van der Waals surface area contributed by atoms with Crippen LogP contribution in [0.5, 0.6) is 0 Å². The molecule has 1 amide bonds. The van der Waals surface area contributed by atoms with Crippen molar-refractivity contribution in [2.45, 2.75) is 38.6 Å². The van der Waals surface area contributed by atoms with Gasteiger partial charge >= 0.3 is 0 Å². The van der Waals surface area contributed by atoms with Crippen LogP contribution in [0, 0.1) is 0 Å². The number of anilines is 4. The molecular formula is C24H27N5O. The highest BCUT2D eigenvalue weighted by Crippen LogP contribution is 2.45. The van der Waals surface area contributed by atoms with E-state index in [1.807, 2.05) is 30.1 Å². The molecule has 0 aliphatic carbocycles. The summed E-state index contributed by atoms with van der Waals surface area (Å²) in [6, 6.07) is 12.9. The maximum absolute atomic E-state index is 12.2. The molecule has 0 radical (unpaired) electrons. The molecule has 2 N–H and O–H groups in total. The van der Waals surface area contributed by atoms with Crippen molar-refractivity contribution in [3.05, 3.63) is 54.4 Å². The van der Waals surface area contributed by atoms with Crippen LogP contribution < -0.4 is 15.5 Å². The first-order valence-electron chi connectivity index (χ1n) is 10.6. The first-order valence-corrected chi connectivity index (χ1v) is 10.6. The van der Waals surface area contributed by atoms with Gasteiger partial charge in [-0.2, -0.15) is 5.10 Å². The summed E-state index contributed by atoms with van der Waals surface area (Å²) < 4.78 is 1.84. The Morgan fingerprint density at radius 2 is 1.97 bits per heavy atom. The lowest BCUT2D eigenvalue weighted by molar-refractivity contribution is -0.116. The normalized spacial score (nSPS) is 20.6. The van der Waals surface area contributed by atoms with Crippen molar-refractivity contribution >= 4 is 28.7 Å². The van der Waals surface area contributed by atoms with Crippen molar-refractivity contribution in [3.63, 3.8) is 0 Å². The molecule has 5 rings (SSSR count). The van der Waals surface area contributed by atoms with E-state index in [-0.39, 0.29) is 11.9 Å². The quantitative estimate of drug-likeness (QED) is 0.643. The number of aromatic nitrogens is 2. The highest BCUT2D eigenvalue weighted by molar-refractivity contribution is 6.00. The Kier molecular flexibility index (Phi) is 4.50. The van der Waals surface area contributed by atoms with Crippen LogP contribution in [0.3, 0.4) is 0 Å². The van der Waals surface area contributed by atoms with Gasteiger partial charge in [-0.15, -0.1) is 0 Å². The summed E-state index contributed by atoms with van der Waals surface area (Å²) in [4.78, 5) is 14.6. The monoisotopic (exact) mass is 401 g/mol. The standard InChI is InChI=1S/C24H27N5O/c1-15-9-10-29(21-8-7-17(12-19(15)21)18-13-25-28(3)14-18)22-6-4-5-20-24(22)26-16(2)11-23(30)27-20/h4-8,12-16,26H,9-11H2,1-3H3,(H,27,30)/t15-,16+/m0/s1. The molecule has 0 fully saturated rings. The van der Waals surface area contributed by atoms with E-state index in [1.54, 1.807) is 0 Å². The Bertz CT molecular complexity index is 1120. The lowest BCUT2D eigenvalue weighted by Gasteiger charge is -2.36. The topological polar surface area (TPSA) is 62.2 Å². The lowest BCUT2D eigenvalue weighted by Crippen LogP contribution is -2.27. The van der Waals surface area contributed by atoms with E-state index in [9.17, 15) is 4.79 Å². The SMILES string of the molecule is C[C@@H]1CC(=O)Nc2cccc(N3CC[C@H](C)c4cc(-c5cnn(C)c5)ccc43)c2N1. The number of benzene rings is 2. The van der Waals surface area contributed by atoms with Gasteiger partial charge < -0.3 is 15.5 Å². The van der Waals surface area contributed by atoms with Crippen molar-refractivity contribution in [2.24, 2.45) is 7.05 Å². The molecule has 0 spiro atoms. The highest BCUT2D eigenvalue weighted by atomic mass is 16.1. The number of aryl methyl sites for hydroxylation is 1. The molecule has 0 unspecified atom stereocenters. The molecule has 2 aromatic carbocycles. The predicted molar refractivity (Wildman–Crippen MR) is 121 cm³/mol. The van der Waals surface area contributed by atoms with Gasteiger partial charge in [0, 0.05) is 43.5 Å². The zero-order valence-corrected chi connectivity index (χ0v) is 17.6. The number of rotatable bonds is 2.